The molecule has 3 nitrogen and oxygen atoms in total. The third-order valence-corrected chi connectivity index (χ3v) is 4.71. The van der Waals surface area contributed by atoms with E-state index < -0.39 is 0 Å². The Morgan fingerprint density at radius 1 is 1.47 bits per heavy atom. The minimum Gasteiger partial charge on any atom is -0.340 e. The van der Waals surface area contributed by atoms with Crippen molar-refractivity contribution in [2.24, 2.45) is 5.73 Å². The minimum atomic E-state index is -0.291. The van der Waals surface area contributed by atoms with Gasteiger partial charge in [0.2, 0.25) is 5.91 Å². The van der Waals surface area contributed by atoms with E-state index in [1.165, 1.54) is 0 Å². The van der Waals surface area contributed by atoms with Crippen LogP contribution in [0.25, 0.3) is 0 Å². The van der Waals surface area contributed by atoms with E-state index in [9.17, 15) is 4.79 Å². The van der Waals surface area contributed by atoms with Gasteiger partial charge in [-0.25, -0.2) is 0 Å². The topological polar surface area (TPSA) is 46.3 Å². The lowest BCUT2D eigenvalue weighted by Gasteiger charge is -2.25. The van der Waals surface area contributed by atoms with E-state index >= 15 is 0 Å². The highest BCUT2D eigenvalue weighted by atomic mass is 32.2. The molecule has 4 heteroatoms. The number of hydrogen-bond donors (Lipinski definition) is 1. The normalized spacial score (nSPS) is 22.0. The summed E-state index contributed by atoms with van der Waals surface area (Å²) in [5.74, 6) is 1.18. The molecular formula is C13H26N2OS. The number of unbranched alkanes of at least 4 members (excludes halogenated alkanes) is 1. The van der Waals surface area contributed by atoms with Crippen LogP contribution >= 0.6 is 11.8 Å². The number of thioether (sulfide) groups is 1. The molecule has 0 bridgehead atoms. The van der Waals surface area contributed by atoms with Gasteiger partial charge in [-0.2, -0.15) is 11.8 Å². The van der Waals surface area contributed by atoms with Gasteiger partial charge in [0, 0.05) is 23.6 Å². The Labute approximate surface area is 109 Å². The fourth-order valence-corrected chi connectivity index (χ4v) is 3.12. The smallest absolute Gasteiger partial charge is 0.239 e. The van der Waals surface area contributed by atoms with E-state index in [1.807, 2.05) is 16.7 Å². The summed E-state index contributed by atoms with van der Waals surface area (Å²) in [6, 6.07) is -0.291. The van der Waals surface area contributed by atoms with Crippen molar-refractivity contribution in [1.82, 2.24) is 4.90 Å². The van der Waals surface area contributed by atoms with Crippen molar-refractivity contribution in [1.29, 1.82) is 0 Å². The molecular weight excluding hydrogens is 232 g/mol. The standard InChI is InChI=1S/C13H26N2OS/c1-4-5-6-11(14)12(16)15-8-7-13(2,3)17-10-9-15/h11H,4-10,14H2,1-3H3/t11-/m0/s1. The molecule has 0 aliphatic carbocycles. The molecule has 1 rings (SSSR count). The molecule has 1 aliphatic heterocycles. The van der Waals surface area contributed by atoms with E-state index in [1.54, 1.807) is 0 Å². The van der Waals surface area contributed by atoms with Crippen LogP contribution in [0.1, 0.15) is 46.5 Å². The van der Waals surface area contributed by atoms with Crippen molar-refractivity contribution < 1.29 is 4.79 Å². The van der Waals surface area contributed by atoms with Crippen molar-refractivity contribution in [3.63, 3.8) is 0 Å². The number of hydrogen-bond acceptors (Lipinski definition) is 3. The first kappa shape index (κ1) is 14.8. The zero-order valence-corrected chi connectivity index (χ0v) is 12.2. The molecule has 0 aromatic heterocycles. The SMILES string of the molecule is CCCC[C@H](N)C(=O)N1CCSC(C)(C)CC1. The summed E-state index contributed by atoms with van der Waals surface area (Å²) in [5, 5.41) is 0. The first-order valence-corrected chi connectivity index (χ1v) is 7.63. The second-order valence-corrected chi connectivity index (χ2v) is 7.23. The van der Waals surface area contributed by atoms with Crippen molar-refractivity contribution in [2.45, 2.75) is 57.2 Å². The second kappa shape index (κ2) is 6.64. The molecule has 1 atom stereocenters. The summed E-state index contributed by atoms with van der Waals surface area (Å²) in [6.07, 6.45) is 4.02. The van der Waals surface area contributed by atoms with Gasteiger partial charge in [0.05, 0.1) is 6.04 Å². The lowest BCUT2D eigenvalue weighted by molar-refractivity contribution is -0.132. The maximum absolute atomic E-state index is 12.2. The van der Waals surface area contributed by atoms with Gasteiger partial charge in [-0.05, 0) is 12.8 Å². The van der Waals surface area contributed by atoms with Crippen molar-refractivity contribution in [3.05, 3.63) is 0 Å². The summed E-state index contributed by atoms with van der Waals surface area (Å²) < 4.78 is 0.294. The molecule has 0 aromatic rings. The predicted octanol–water partition coefficient (Wildman–Crippen LogP) is 2.25. The molecule has 100 valence electrons. The zero-order chi connectivity index (χ0) is 12.9. The van der Waals surface area contributed by atoms with Crippen LogP contribution in [0.4, 0.5) is 0 Å². The van der Waals surface area contributed by atoms with E-state index in [-0.39, 0.29) is 11.9 Å². The largest absolute Gasteiger partial charge is 0.340 e. The highest BCUT2D eigenvalue weighted by molar-refractivity contribution is 8.00. The molecule has 17 heavy (non-hydrogen) atoms. The third kappa shape index (κ3) is 4.88. The van der Waals surface area contributed by atoms with Crippen LogP contribution in [0.2, 0.25) is 0 Å². The summed E-state index contributed by atoms with van der Waals surface area (Å²) in [5.41, 5.74) is 5.95. The van der Waals surface area contributed by atoms with Crippen molar-refractivity contribution >= 4 is 17.7 Å². The van der Waals surface area contributed by atoms with Crippen LogP contribution in [0.5, 0.6) is 0 Å². The minimum absolute atomic E-state index is 0.150. The van der Waals surface area contributed by atoms with Gasteiger partial charge >= 0.3 is 0 Å². The quantitative estimate of drug-likeness (QED) is 0.841. The first-order valence-electron chi connectivity index (χ1n) is 6.64. The Hall–Kier alpha value is -0.220. The van der Waals surface area contributed by atoms with E-state index in [0.29, 0.717) is 4.75 Å². The molecule has 0 saturated carbocycles. The fourth-order valence-electron chi connectivity index (χ4n) is 2.02. The summed E-state index contributed by atoms with van der Waals surface area (Å²) in [4.78, 5) is 14.1. The Bertz CT molecular complexity index is 256. The maximum atomic E-state index is 12.2. The number of carbonyl (C=O) groups is 1. The highest BCUT2D eigenvalue weighted by Crippen LogP contribution is 2.30. The monoisotopic (exact) mass is 258 g/mol. The number of nitrogens with two attached hydrogens (primary N) is 1. The van der Waals surface area contributed by atoms with Gasteiger partial charge in [0.25, 0.3) is 0 Å². The number of rotatable bonds is 4. The number of nitrogens with zero attached hydrogens (tertiary/aromatic N) is 1. The molecule has 1 saturated heterocycles. The lowest BCUT2D eigenvalue weighted by atomic mass is 10.1. The zero-order valence-electron chi connectivity index (χ0n) is 11.4. The van der Waals surface area contributed by atoms with Crippen molar-refractivity contribution in [2.75, 3.05) is 18.8 Å². The third-order valence-electron chi connectivity index (χ3n) is 3.34. The molecule has 1 heterocycles. The van der Waals surface area contributed by atoms with E-state index in [4.69, 9.17) is 5.73 Å². The molecule has 1 aliphatic rings. The average Bonchev–Trinajstić information content (AvgIpc) is 2.46. The Morgan fingerprint density at radius 2 is 2.18 bits per heavy atom. The number of carbonyl (C=O) groups excluding carboxylic acids is 1. The van der Waals surface area contributed by atoms with Crippen LogP contribution in [0, 0.1) is 0 Å². The molecule has 0 aromatic carbocycles. The Kier molecular flexibility index (Phi) is 5.80. The van der Waals surface area contributed by atoms with Gasteiger partial charge in [-0.3, -0.25) is 4.79 Å². The molecule has 2 N–H and O–H groups in total. The predicted molar refractivity (Wildman–Crippen MR) is 75.2 cm³/mol. The Morgan fingerprint density at radius 3 is 2.82 bits per heavy atom. The van der Waals surface area contributed by atoms with Gasteiger partial charge in [-0.15, -0.1) is 0 Å². The highest BCUT2D eigenvalue weighted by Gasteiger charge is 2.27. The van der Waals surface area contributed by atoms with Gasteiger partial charge < -0.3 is 10.6 Å². The van der Waals surface area contributed by atoms with Crippen LogP contribution in [-0.4, -0.2) is 40.4 Å². The molecule has 1 amide bonds. The summed E-state index contributed by atoms with van der Waals surface area (Å²) in [7, 11) is 0. The number of amides is 1. The fraction of sp³-hybridized carbons (Fsp3) is 0.923. The van der Waals surface area contributed by atoms with E-state index in [0.717, 1.165) is 44.5 Å². The van der Waals surface area contributed by atoms with E-state index in [2.05, 4.69) is 20.8 Å². The summed E-state index contributed by atoms with van der Waals surface area (Å²) >= 11 is 1.96. The molecule has 0 unspecified atom stereocenters. The van der Waals surface area contributed by atoms with Gasteiger partial charge in [0.1, 0.15) is 0 Å². The first-order chi connectivity index (χ1) is 7.96. The van der Waals surface area contributed by atoms with Gasteiger partial charge in [0.15, 0.2) is 0 Å². The average molecular weight is 258 g/mol. The Balaban J connectivity index is 2.46. The molecule has 1 fully saturated rings. The summed E-state index contributed by atoms with van der Waals surface area (Å²) in [6.45, 7) is 8.35. The van der Waals surface area contributed by atoms with Crippen molar-refractivity contribution in [3.8, 4) is 0 Å². The van der Waals surface area contributed by atoms with Crippen LogP contribution in [-0.2, 0) is 4.79 Å². The second-order valence-electron chi connectivity index (χ2n) is 5.43. The molecule has 0 radical (unpaired) electrons. The maximum Gasteiger partial charge on any atom is 0.239 e. The van der Waals surface area contributed by atoms with Gasteiger partial charge in [-0.1, -0.05) is 33.6 Å². The lowest BCUT2D eigenvalue weighted by Crippen LogP contribution is -2.44. The molecule has 0 spiro atoms. The van der Waals surface area contributed by atoms with Crippen LogP contribution < -0.4 is 5.73 Å². The van der Waals surface area contributed by atoms with Crippen LogP contribution in [0.15, 0.2) is 0 Å². The van der Waals surface area contributed by atoms with Crippen LogP contribution in [0.3, 0.4) is 0 Å².